The van der Waals surface area contributed by atoms with E-state index in [2.05, 4.69) is 28.8 Å². The highest BCUT2D eigenvalue weighted by Crippen LogP contribution is 2.37. The second-order valence-corrected chi connectivity index (χ2v) is 7.17. The first-order chi connectivity index (χ1) is 14.1. The van der Waals surface area contributed by atoms with E-state index in [1.54, 1.807) is 13.0 Å². The zero-order valence-corrected chi connectivity index (χ0v) is 16.2. The van der Waals surface area contributed by atoms with Gasteiger partial charge in [0.05, 0.1) is 0 Å². The van der Waals surface area contributed by atoms with Gasteiger partial charge in [0.25, 0.3) is 0 Å². The van der Waals surface area contributed by atoms with Crippen LogP contribution in [0.15, 0.2) is 78.9 Å². The third kappa shape index (κ3) is 4.27. The van der Waals surface area contributed by atoms with Crippen LogP contribution in [0.1, 0.15) is 23.6 Å². The molecule has 0 spiro atoms. The second-order valence-electron chi connectivity index (χ2n) is 7.17. The summed E-state index contributed by atoms with van der Waals surface area (Å²) in [6.07, 6.45) is 4.07. The van der Waals surface area contributed by atoms with E-state index >= 15 is 0 Å². The molecule has 0 saturated carbocycles. The van der Waals surface area contributed by atoms with Crippen molar-refractivity contribution in [1.29, 1.82) is 0 Å². The molecule has 1 atom stereocenters. The first-order valence-corrected chi connectivity index (χ1v) is 9.66. The molecule has 3 aromatic rings. The Morgan fingerprint density at radius 2 is 1.62 bits per heavy atom. The number of rotatable bonds is 5. The number of hydrogen-bond acceptors (Lipinski definition) is 2. The van der Waals surface area contributed by atoms with Gasteiger partial charge in [-0.05, 0) is 59.4 Å². The molecule has 0 saturated heterocycles. The average Bonchev–Trinajstić information content (AvgIpc) is 3.11. The standard InChI is InChI=1S/C25H22N2O2/c1-17(26-24(28)14-11-18-7-3-2-4-8-18)25(29)27-21-13-12-20-15-19-9-5-6-10-22(19)23(20)16-21/h2-14,16-17H,15H2,1H3,(H,26,28)(H,27,29)/b14-11+/t17-/m0/s1. The molecule has 1 aliphatic rings. The molecule has 29 heavy (non-hydrogen) atoms. The normalized spacial score (nSPS) is 12.9. The lowest BCUT2D eigenvalue weighted by Gasteiger charge is -2.14. The van der Waals surface area contributed by atoms with E-state index in [1.165, 1.54) is 22.8 Å². The van der Waals surface area contributed by atoms with Gasteiger partial charge in [-0.15, -0.1) is 0 Å². The van der Waals surface area contributed by atoms with Crippen LogP contribution in [0.4, 0.5) is 5.69 Å². The summed E-state index contributed by atoms with van der Waals surface area (Å²) in [6, 6.07) is 23.2. The number of carbonyl (C=O) groups excluding carboxylic acids is 2. The molecule has 144 valence electrons. The molecule has 4 nitrogen and oxygen atoms in total. The van der Waals surface area contributed by atoms with Crippen molar-refractivity contribution in [2.75, 3.05) is 5.32 Å². The van der Waals surface area contributed by atoms with Crippen LogP contribution in [0.3, 0.4) is 0 Å². The maximum Gasteiger partial charge on any atom is 0.246 e. The number of carbonyl (C=O) groups is 2. The minimum atomic E-state index is -0.650. The van der Waals surface area contributed by atoms with Gasteiger partial charge in [0, 0.05) is 11.8 Å². The van der Waals surface area contributed by atoms with Gasteiger partial charge in [-0.25, -0.2) is 0 Å². The molecular formula is C25H22N2O2. The van der Waals surface area contributed by atoms with Crippen molar-refractivity contribution >= 4 is 23.6 Å². The van der Waals surface area contributed by atoms with E-state index in [-0.39, 0.29) is 11.8 Å². The molecule has 4 heteroatoms. The molecule has 2 amide bonds. The number of anilines is 1. The molecule has 4 rings (SSSR count). The molecule has 0 bridgehead atoms. The molecule has 0 radical (unpaired) electrons. The predicted octanol–water partition coefficient (Wildman–Crippen LogP) is 4.41. The lowest BCUT2D eigenvalue weighted by atomic mass is 10.1. The zero-order valence-electron chi connectivity index (χ0n) is 16.2. The summed E-state index contributed by atoms with van der Waals surface area (Å²) < 4.78 is 0. The summed E-state index contributed by atoms with van der Waals surface area (Å²) >= 11 is 0. The predicted molar refractivity (Wildman–Crippen MR) is 116 cm³/mol. The van der Waals surface area contributed by atoms with Gasteiger partial charge in [-0.1, -0.05) is 60.7 Å². The quantitative estimate of drug-likeness (QED) is 0.502. The summed E-state index contributed by atoms with van der Waals surface area (Å²) in [4.78, 5) is 24.6. The Hall–Kier alpha value is -3.66. The van der Waals surface area contributed by atoms with Crippen LogP contribution in [0.2, 0.25) is 0 Å². The molecule has 0 aromatic heterocycles. The highest BCUT2D eigenvalue weighted by atomic mass is 16.2. The topological polar surface area (TPSA) is 58.2 Å². The number of fused-ring (bicyclic) bond motifs is 3. The Kier molecular flexibility index (Phi) is 5.25. The number of hydrogen-bond donors (Lipinski definition) is 2. The van der Waals surface area contributed by atoms with Crippen LogP contribution < -0.4 is 10.6 Å². The van der Waals surface area contributed by atoms with Crippen molar-refractivity contribution in [3.63, 3.8) is 0 Å². The fraction of sp³-hybridized carbons (Fsp3) is 0.120. The van der Waals surface area contributed by atoms with Gasteiger partial charge >= 0.3 is 0 Å². The Balaban J connectivity index is 1.38. The fourth-order valence-corrected chi connectivity index (χ4v) is 3.52. The van der Waals surface area contributed by atoms with Crippen LogP contribution in [-0.2, 0) is 16.0 Å². The largest absolute Gasteiger partial charge is 0.341 e. The summed E-state index contributed by atoms with van der Waals surface area (Å²) in [5.41, 5.74) is 6.59. The van der Waals surface area contributed by atoms with Crippen LogP contribution in [0.5, 0.6) is 0 Å². The van der Waals surface area contributed by atoms with E-state index in [0.29, 0.717) is 0 Å². The van der Waals surface area contributed by atoms with Gasteiger partial charge in [-0.2, -0.15) is 0 Å². The Morgan fingerprint density at radius 1 is 0.897 bits per heavy atom. The highest BCUT2D eigenvalue weighted by Gasteiger charge is 2.19. The maximum atomic E-state index is 12.5. The first-order valence-electron chi connectivity index (χ1n) is 9.66. The van der Waals surface area contributed by atoms with Crippen molar-refractivity contribution in [3.05, 3.63) is 95.6 Å². The summed E-state index contributed by atoms with van der Waals surface area (Å²) in [6.45, 7) is 1.67. The van der Waals surface area contributed by atoms with Gasteiger partial charge in [0.1, 0.15) is 6.04 Å². The number of nitrogens with one attached hydrogen (secondary N) is 2. The molecule has 0 fully saturated rings. The van der Waals surface area contributed by atoms with Crippen LogP contribution in [-0.4, -0.2) is 17.9 Å². The summed E-state index contributed by atoms with van der Waals surface area (Å²) in [5, 5.41) is 5.60. The Morgan fingerprint density at radius 3 is 2.45 bits per heavy atom. The highest BCUT2D eigenvalue weighted by molar-refractivity contribution is 6.00. The van der Waals surface area contributed by atoms with Crippen molar-refractivity contribution in [3.8, 4) is 11.1 Å². The number of benzene rings is 3. The monoisotopic (exact) mass is 382 g/mol. The second kappa shape index (κ2) is 8.15. The van der Waals surface area contributed by atoms with Crippen LogP contribution >= 0.6 is 0 Å². The van der Waals surface area contributed by atoms with E-state index in [9.17, 15) is 9.59 Å². The van der Waals surface area contributed by atoms with Crippen molar-refractivity contribution in [1.82, 2.24) is 5.32 Å². The van der Waals surface area contributed by atoms with Gasteiger partial charge in [0.2, 0.25) is 11.8 Å². The van der Waals surface area contributed by atoms with E-state index < -0.39 is 6.04 Å². The minimum absolute atomic E-state index is 0.252. The van der Waals surface area contributed by atoms with Crippen LogP contribution in [0.25, 0.3) is 17.2 Å². The van der Waals surface area contributed by atoms with Gasteiger partial charge < -0.3 is 10.6 Å². The van der Waals surface area contributed by atoms with E-state index in [0.717, 1.165) is 23.2 Å². The SMILES string of the molecule is C[C@H](NC(=O)/C=C/c1ccccc1)C(=O)Nc1ccc2c(c1)-c1ccccc1C2. The molecule has 0 unspecified atom stereocenters. The minimum Gasteiger partial charge on any atom is -0.341 e. The molecule has 2 N–H and O–H groups in total. The lowest BCUT2D eigenvalue weighted by Crippen LogP contribution is -2.40. The van der Waals surface area contributed by atoms with Crippen molar-refractivity contribution in [2.45, 2.75) is 19.4 Å². The van der Waals surface area contributed by atoms with Crippen molar-refractivity contribution in [2.24, 2.45) is 0 Å². The maximum absolute atomic E-state index is 12.5. The Bertz CT molecular complexity index is 1090. The first kappa shape index (κ1) is 18.7. The van der Waals surface area contributed by atoms with E-state index in [4.69, 9.17) is 0 Å². The summed E-state index contributed by atoms with van der Waals surface area (Å²) in [5.74, 6) is -0.558. The van der Waals surface area contributed by atoms with Gasteiger partial charge in [-0.3, -0.25) is 9.59 Å². The summed E-state index contributed by atoms with van der Waals surface area (Å²) in [7, 11) is 0. The number of amides is 2. The molecule has 0 heterocycles. The third-order valence-electron chi connectivity index (χ3n) is 5.04. The Labute approximate surface area is 170 Å². The fourth-order valence-electron chi connectivity index (χ4n) is 3.52. The average molecular weight is 382 g/mol. The van der Waals surface area contributed by atoms with Gasteiger partial charge in [0.15, 0.2) is 0 Å². The molecule has 1 aliphatic carbocycles. The smallest absolute Gasteiger partial charge is 0.246 e. The third-order valence-corrected chi connectivity index (χ3v) is 5.04. The molecule has 3 aromatic carbocycles. The molecule has 0 aliphatic heterocycles. The molecular weight excluding hydrogens is 360 g/mol. The van der Waals surface area contributed by atoms with E-state index in [1.807, 2.05) is 54.6 Å². The van der Waals surface area contributed by atoms with Crippen LogP contribution in [0, 0.1) is 0 Å². The zero-order chi connectivity index (χ0) is 20.2. The van der Waals surface area contributed by atoms with Crippen molar-refractivity contribution < 1.29 is 9.59 Å². The lowest BCUT2D eigenvalue weighted by molar-refractivity contribution is -0.123.